The first-order chi connectivity index (χ1) is 9.90. The van der Waals surface area contributed by atoms with Gasteiger partial charge < -0.3 is 4.74 Å². The Hall–Kier alpha value is -1.27. The summed E-state index contributed by atoms with van der Waals surface area (Å²) >= 11 is 1.43. The van der Waals surface area contributed by atoms with Crippen LogP contribution in [-0.4, -0.2) is 30.4 Å². The maximum absolute atomic E-state index is 13.9. The number of pyridine rings is 1. The van der Waals surface area contributed by atoms with Crippen LogP contribution >= 0.6 is 22.9 Å². The molecule has 0 saturated heterocycles. The molecule has 0 aliphatic heterocycles. The van der Waals surface area contributed by atoms with Gasteiger partial charge in [0.1, 0.15) is 16.2 Å². The zero-order valence-electron chi connectivity index (χ0n) is 10.8. The number of hydrogen-bond acceptors (Lipinski definition) is 5. The van der Waals surface area contributed by atoms with Crippen molar-refractivity contribution in [1.82, 2.24) is 12.3 Å². The molecule has 0 unspecified atom stereocenters. The number of sulfonamides is 1. The first-order valence-electron chi connectivity index (χ1n) is 5.87. The van der Waals surface area contributed by atoms with Crippen molar-refractivity contribution in [2.45, 2.75) is 18.2 Å². The first kappa shape index (κ1) is 16.1. The molecule has 114 valence electrons. The fraction of sp³-hybridized carbons (Fsp3) is 0.273. The summed E-state index contributed by atoms with van der Waals surface area (Å²) in [5.41, 5.74) is -0.00847. The molecule has 0 saturated carbocycles. The average Bonchev–Trinajstić information content (AvgIpc) is 2.89. The number of esters is 1. The molecule has 2 heterocycles. The Morgan fingerprint density at radius 1 is 1.57 bits per heavy atom. The van der Waals surface area contributed by atoms with E-state index in [1.54, 1.807) is 0 Å². The van der Waals surface area contributed by atoms with Gasteiger partial charge in [0, 0.05) is 29.1 Å². The van der Waals surface area contributed by atoms with Crippen molar-refractivity contribution in [3.8, 4) is 0 Å². The van der Waals surface area contributed by atoms with E-state index in [-0.39, 0.29) is 22.8 Å². The van der Waals surface area contributed by atoms with Crippen LogP contribution in [0, 0.1) is 5.82 Å². The number of imidazole rings is 1. The van der Waals surface area contributed by atoms with Crippen LogP contribution in [0.3, 0.4) is 0 Å². The van der Waals surface area contributed by atoms with E-state index in [1.807, 2.05) is 6.92 Å². The van der Waals surface area contributed by atoms with E-state index in [0.717, 1.165) is 22.9 Å². The number of ether oxygens (including phenoxy) is 1. The molecule has 7 nitrogen and oxygen atoms in total. The van der Waals surface area contributed by atoms with Crippen molar-refractivity contribution in [1.29, 1.82) is 0 Å². The van der Waals surface area contributed by atoms with Crippen molar-refractivity contribution in [2.24, 2.45) is 0 Å². The normalized spacial score (nSPS) is 11.8. The molecule has 0 bridgehead atoms. The Labute approximate surface area is 134 Å². The van der Waals surface area contributed by atoms with Gasteiger partial charge in [0.25, 0.3) is 10.0 Å². The molecule has 10 heteroatoms. The summed E-state index contributed by atoms with van der Waals surface area (Å²) in [7, 11) is -3.85. The number of carbonyl (C=O) groups excluding carboxylic acids is 1. The van der Waals surface area contributed by atoms with Crippen LogP contribution in [0.15, 0.2) is 23.4 Å². The van der Waals surface area contributed by atoms with Gasteiger partial charge >= 0.3 is 5.97 Å². The monoisotopic (exact) mass is 427 g/mol. The molecule has 1 N–H and O–H groups in total. The van der Waals surface area contributed by atoms with E-state index in [0.29, 0.717) is 6.42 Å². The number of nitrogens with one attached hydrogen (secondary N) is 1. The Morgan fingerprint density at radius 2 is 2.29 bits per heavy atom. The van der Waals surface area contributed by atoms with Crippen molar-refractivity contribution >= 4 is 44.4 Å². The van der Waals surface area contributed by atoms with Crippen molar-refractivity contribution in [3.63, 3.8) is 0 Å². The molecule has 2 rings (SSSR count). The third-order valence-electron chi connectivity index (χ3n) is 2.60. The van der Waals surface area contributed by atoms with Gasteiger partial charge in [-0.15, -0.1) is 0 Å². The van der Waals surface area contributed by atoms with Crippen LogP contribution in [-0.2, 0) is 14.8 Å². The van der Waals surface area contributed by atoms with Gasteiger partial charge in [0.2, 0.25) is 5.82 Å². The second-order valence-corrected chi connectivity index (χ2v) is 7.03. The molecule has 0 aromatic carbocycles. The number of rotatable bonds is 5. The van der Waals surface area contributed by atoms with Crippen LogP contribution in [0.1, 0.15) is 24.0 Å². The number of carbonyl (C=O) groups is 1. The Balaban J connectivity index is 2.58. The van der Waals surface area contributed by atoms with Crippen LogP contribution in [0.2, 0.25) is 0 Å². The summed E-state index contributed by atoms with van der Waals surface area (Å²) in [6.07, 6.45) is 2.89. The Bertz CT molecular complexity index is 790. The minimum absolute atomic E-state index is 0.00847. The van der Waals surface area contributed by atoms with Gasteiger partial charge in [-0.1, -0.05) is 6.92 Å². The molecule has 0 aliphatic rings. The quantitative estimate of drug-likeness (QED) is 0.446. The molecule has 0 fully saturated rings. The summed E-state index contributed by atoms with van der Waals surface area (Å²) < 4.78 is 45.4. The lowest BCUT2D eigenvalue weighted by atomic mass is 10.4. The van der Waals surface area contributed by atoms with Crippen molar-refractivity contribution < 1.29 is 22.3 Å². The predicted molar refractivity (Wildman–Crippen MR) is 80.1 cm³/mol. The molecule has 0 spiro atoms. The molecule has 2 aromatic heterocycles. The standard InChI is InChI=1S/C11H11FIN3O4S/c1-2-3-20-11(17)10-14-5-9-8(12)4-7(6-16(9)10)21(18,19)15-13/h4-6,15H,2-3H2,1H3. The van der Waals surface area contributed by atoms with Gasteiger partial charge in [0.15, 0.2) is 0 Å². The molecular formula is C11H11FIN3O4S. The maximum Gasteiger partial charge on any atom is 0.374 e. The van der Waals surface area contributed by atoms with Gasteiger partial charge in [-0.25, -0.2) is 22.6 Å². The van der Waals surface area contributed by atoms with Crippen LogP contribution in [0.4, 0.5) is 4.39 Å². The summed E-state index contributed by atoms with van der Waals surface area (Å²) in [5.74, 6) is -1.72. The third kappa shape index (κ3) is 3.16. The average molecular weight is 427 g/mol. The second-order valence-electron chi connectivity index (χ2n) is 4.08. The molecule has 2 aromatic rings. The van der Waals surface area contributed by atoms with E-state index >= 15 is 0 Å². The smallest absolute Gasteiger partial charge is 0.374 e. The largest absolute Gasteiger partial charge is 0.460 e. The number of hydrogen-bond donors (Lipinski definition) is 1. The van der Waals surface area contributed by atoms with E-state index in [2.05, 4.69) is 7.92 Å². The van der Waals surface area contributed by atoms with Crippen LogP contribution in [0.5, 0.6) is 0 Å². The number of fused-ring (bicyclic) bond motifs is 1. The molecule has 0 aliphatic carbocycles. The topological polar surface area (TPSA) is 89.8 Å². The lowest BCUT2D eigenvalue weighted by Gasteiger charge is -2.06. The zero-order valence-corrected chi connectivity index (χ0v) is 13.8. The fourth-order valence-electron chi connectivity index (χ4n) is 1.63. The summed E-state index contributed by atoms with van der Waals surface area (Å²) in [6.45, 7) is 2.02. The molecule has 0 atom stereocenters. The highest BCUT2D eigenvalue weighted by Gasteiger charge is 2.21. The van der Waals surface area contributed by atoms with E-state index in [4.69, 9.17) is 4.74 Å². The van der Waals surface area contributed by atoms with Gasteiger partial charge in [-0.3, -0.25) is 4.40 Å². The highest BCUT2D eigenvalue weighted by molar-refractivity contribution is 14.1. The third-order valence-corrected chi connectivity index (χ3v) is 5.38. The summed E-state index contributed by atoms with van der Waals surface area (Å²) in [5, 5.41) is 0. The van der Waals surface area contributed by atoms with E-state index in [9.17, 15) is 17.6 Å². The maximum atomic E-state index is 13.9. The summed E-state index contributed by atoms with van der Waals surface area (Å²) in [4.78, 5) is 15.3. The van der Waals surface area contributed by atoms with Gasteiger partial charge in [-0.05, 0) is 12.5 Å². The van der Waals surface area contributed by atoms with Crippen LogP contribution in [0.25, 0.3) is 5.52 Å². The minimum Gasteiger partial charge on any atom is -0.460 e. The molecule has 21 heavy (non-hydrogen) atoms. The Kier molecular flexibility index (Phi) is 4.78. The fourth-order valence-corrected chi connectivity index (χ4v) is 2.99. The lowest BCUT2D eigenvalue weighted by molar-refractivity contribution is 0.0490. The molecular weight excluding hydrogens is 416 g/mol. The minimum atomic E-state index is -3.85. The highest BCUT2D eigenvalue weighted by Crippen LogP contribution is 2.18. The van der Waals surface area contributed by atoms with Crippen LogP contribution < -0.4 is 2.94 Å². The SMILES string of the molecule is CCCOC(=O)c1ncc2c(F)cc(S(=O)(=O)NI)cn12. The number of nitrogens with zero attached hydrogens (tertiary/aromatic N) is 2. The van der Waals surface area contributed by atoms with Crippen molar-refractivity contribution in [2.75, 3.05) is 6.61 Å². The number of halogens is 2. The van der Waals surface area contributed by atoms with E-state index in [1.165, 1.54) is 22.9 Å². The summed E-state index contributed by atoms with van der Waals surface area (Å²) in [6, 6.07) is 0.860. The van der Waals surface area contributed by atoms with Crippen molar-refractivity contribution in [3.05, 3.63) is 30.1 Å². The molecule has 0 radical (unpaired) electrons. The molecule has 0 amide bonds. The predicted octanol–water partition coefficient (Wildman–Crippen LogP) is 1.67. The van der Waals surface area contributed by atoms with Gasteiger partial charge in [0.05, 0.1) is 12.8 Å². The van der Waals surface area contributed by atoms with Gasteiger partial charge in [-0.2, -0.15) is 2.94 Å². The second kappa shape index (κ2) is 6.23. The van der Waals surface area contributed by atoms with E-state index < -0.39 is 21.8 Å². The highest BCUT2D eigenvalue weighted by atomic mass is 127. The zero-order chi connectivity index (χ0) is 15.6. The first-order valence-corrected chi connectivity index (χ1v) is 8.43. The Morgan fingerprint density at radius 3 is 2.90 bits per heavy atom. The number of aromatic nitrogens is 2. The lowest BCUT2D eigenvalue weighted by Crippen LogP contribution is -2.15.